The van der Waals surface area contributed by atoms with Gasteiger partial charge in [0.25, 0.3) is 0 Å². The highest BCUT2D eigenvalue weighted by molar-refractivity contribution is 5.84. The standard InChI is InChI=1S/C14H13F3O2/c1-18-6-7-19-13-5-3-10-8-12(14(15,16)17)4-2-11(10)9-13/h2-5,8-9H,6-7H2,1H3. The van der Waals surface area contributed by atoms with Crippen molar-refractivity contribution < 1.29 is 22.6 Å². The maximum absolute atomic E-state index is 12.6. The van der Waals surface area contributed by atoms with E-state index in [1.54, 1.807) is 25.3 Å². The van der Waals surface area contributed by atoms with Gasteiger partial charge in [0.15, 0.2) is 0 Å². The minimum Gasteiger partial charge on any atom is -0.491 e. The van der Waals surface area contributed by atoms with Crippen molar-refractivity contribution in [3.63, 3.8) is 0 Å². The molecular formula is C14H13F3O2. The summed E-state index contributed by atoms with van der Waals surface area (Å²) in [6.07, 6.45) is -4.32. The zero-order chi connectivity index (χ0) is 13.9. The molecule has 0 bridgehead atoms. The van der Waals surface area contributed by atoms with Crippen molar-refractivity contribution in [3.05, 3.63) is 42.0 Å². The lowest BCUT2D eigenvalue weighted by Crippen LogP contribution is -2.05. The molecule has 0 aromatic heterocycles. The van der Waals surface area contributed by atoms with E-state index in [-0.39, 0.29) is 0 Å². The normalized spacial score (nSPS) is 11.8. The second kappa shape index (κ2) is 5.48. The number of methoxy groups -OCH3 is 1. The van der Waals surface area contributed by atoms with E-state index in [0.717, 1.165) is 12.1 Å². The van der Waals surface area contributed by atoms with Gasteiger partial charge in [-0.2, -0.15) is 13.2 Å². The van der Waals surface area contributed by atoms with Crippen LogP contribution in [0.3, 0.4) is 0 Å². The molecule has 0 atom stereocenters. The molecule has 2 aromatic carbocycles. The first-order valence-electron chi connectivity index (χ1n) is 5.73. The summed E-state index contributed by atoms with van der Waals surface area (Å²) in [6, 6.07) is 8.63. The Hall–Kier alpha value is -1.75. The molecule has 2 rings (SSSR count). The minimum absolute atomic E-state index is 0.405. The van der Waals surface area contributed by atoms with E-state index in [4.69, 9.17) is 9.47 Å². The van der Waals surface area contributed by atoms with Crippen molar-refractivity contribution >= 4 is 10.8 Å². The summed E-state index contributed by atoms with van der Waals surface area (Å²) in [6.45, 7) is 0.869. The maximum atomic E-state index is 12.6. The predicted octanol–water partition coefficient (Wildman–Crippen LogP) is 3.88. The Kier molecular flexibility index (Phi) is 3.95. The highest BCUT2D eigenvalue weighted by atomic mass is 19.4. The van der Waals surface area contributed by atoms with Crippen molar-refractivity contribution in [1.82, 2.24) is 0 Å². The lowest BCUT2D eigenvalue weighted by atomic mass is 10.1. The second-order valence-corrected chi connectivity index (χ2v) is 4.06. The van der Waals surface area contributed by atoms with Crippen molar-refractivity contribution in [2.75, 3.05) is 20.3 Å². The van der Waals surface area contributed by atoms with E-state index in [2.05, 4.69) is 0 Å². The largest absolute Gasteiger partial charge is 0.491 e. The zero-order valence-electron chi connectivity index (χ0n) is 10.3. The number of fused-ring (bicyclic) bond motifs is 1. The summed E-state index contributed by atoms with van der Waals surface area (Å²) in [7, 11) is 1.57. The second-order valence-electron chi connectivity index (χ2n) is 4.06. The third-order valence-corrected chi connectivity index (χ3v) is 2.70. The molecule has 0 saturated carbocycles. The van der Waals surface area contributed by atoms with Gasteiger partial charge in [0.2, 0.25) is 0 Å². The molecule has 102 valence electrons. The molecule has 0 amide bonds. The fourth-order valence-corrected chi connectivity index (χ4v) is 1.73. The smallest absolute Gasteiger partial charge is 0.416 e. The first-order valence-corrected chi connectivity index (χ1v) is 5.73. The van der Waals surface area contributed by atoms with Crippen LogP contribution in [-0.2, 0) is 10.9 Å². The number of hydrogen-bond acceptors (Lipinski definition) is 2. The van der Waals surface area contributed by atoms with Gasteiger partial charge in [-0.25, -0.2) is 0 Å². The van der Waals surface area contributed by atoms with Gasteiger partial charge in [0.1, 0.15) is 12.4 Å². The van der Waals surface area contributed by atoms with Crippen LogP contribution in [-0.4, -0.2) is 20.3 Å². The summed E-state index contributed by atoms with van der Waals surface area (Å²) >= 11 is 0. The van der Waals surface area contributed by atoms with Gasteiger partial charge < -0.3 is 9.47 Å². The van der Waals surface area contributed by atoms with Gasteiger partial charge in [-0.15, -0.1) is 0 Å². The molecule has 0 aliphatic rings. The van der Waals surface area contributed by atoms with E-state index in [1.165, 1.54) is 6.07 Å². The molecule has 5 heteroatoms. The Balaban J connectivity index is 2.25. The molecule has 0 N–H and O–H groups in total. The summed E-state index contributed by atoms with van der Waals surface area (Å²) < 4.78 is 47.9. The first kappa shape index (κ1) is 13.7. The molecule has 0 fully saturated rings. The molecular weight excluding hydrogens is 257 g/mol. The predicted molar refractivity (Wildman–Crippen MR) is 66.3 cm³/mol. The number of rotatable bonds is 4. The molecule has 0 radical (unpaired) electrons. The van der Waals surface area contributed by atoms with Gasteiger partial charge in [-0.3, -0.25) is 0 Å². The minimum atomic E-state index is -4.32. The molecule has 2 nitrogen and oxygen atoms in total. The lowest BCUT2D eigenvalue weighted by molar-refractivity contribution is -0.137. The number of ether oxygens (including phenoxy) is 2. The van der Waals surface area contributed by atoms with Crippen LogP contribution in [0, 0.1) is 0 Å². The molecule has 0 unspecified atom stereocenters. The molecule has 0 heterocycles. The van der Waals surface area contributed by atoms with Crippen LogP contribution in [0.2, 0.25) is 0 Å². The average Bonchev–Trinajstić information content (AvgIpc) is 2.37. The number of benzene rings is 2. The quantitative estimate of drug-likeness (QED) is 0.785. The SMILES string of the molecule is COCCOc1ccc2cc(C(F)(F)F)ccc2c1. The van der Waals surface area contributed by atoms with Crippen LogP contribution in [0.25, 0.3) is 10.8 Å². The van der Waals surface area contributed by atoms with E-state index < -0.39 is 11.7 Å². The van der Waals surface area contributed by atoms with Crippen LogP contribution in [0.5, 0.6) is 5.75 Å². The van der Waals surface area contributed by atoms with Crippen LogP contribution in [0.4, 0.5) is 13.2 Å². The molecule has 0 saturated heterocycles. The third-order valence-electron chi connectivity index (χ3n) is 2.70. The third kappa shape index (κ3) is 3.38. The van der Waals surface area contributed by atoms with E-state index in [9.17, 15) is 13.2 Å². The summed E-state index contributed by atoms with van der Waals surface area (Å²) in [5, 5.41) is 1.25. The van der Waals surface area contributed by atoms with Gasteiger partial charge in [0.05, 0.1) is 12.2 Å². The van der Waals surface area contributed by atoms with Gasteiger partial charge in [-0.05, 0) is 35.0 Å². The highest BCUT2D eigenvalue weighted by Crippen LogP contribution is 2.32. The summed E-state index contributed by atoms with van der Waals surface area (Å²) in [4.78, 5) is 0. The van der Waals surface area contributed by atoms with Crippen molar-refractivity contribution in [3.8, 4) is 5.75 Å². The van der Waals surface area contributed by atoms with Gasteiger partial charge in [-0.1, -0.05) is 12.1 Å². The van der Waals surface area contributed by atoms with Gasteiger partial charge in [0, 0.05) is 7.11 Å². The fourth-order valence-electron chi connectivity index (χ4n) is 1.73. The van der Waals surface area contributed by atoms with Crippen LogP contribution < -0.4 is 4.74 Å². The molecule has 19 heavy (non-hydrogen) atoms. The monoisotopic (exact) mass is 270 g/mol. The lowest BCUT2D eigenvalue weighted by Gasteiger charge is -2.09. The van der Waals surface area contributed by atoms with E-state index in [1.807, 2.05) is 0 Å². The molecule has 0 spiro atoms. The van der Waals surface area contributed by atoms with Crippen LogP contribution in [0.15, 0.2) is 36.4 Å². The fraction of sp³-hybridized carbons (Fsp3) is 0.286. The molecule has 2 aromatic rings. The number of alkyl halides is 3. The Labute approximate surface area is 108 Å². The van der Waals surface area contributed by atoms with E-state index in [0.29, 0.717) is 29.7 Å². The zero-order valence-corrected chi connectivity index (χ0v) is 10.3. The summed E-state index contributed by atoms with van der Waals surface area (Å²) in [5.74, 6) is 0.615. The number of halogens is 3. The van der Waals surface area contributed by atoms with Crippen molar-refractivity contribution in [2.24, 2.45) is 0 Å². The van der Waals surface area contributed by atoms with Gasteiger partial charge >= 0.3 is 6.18 Å². The Morgan fingerprint density at radius 3 is 2.32 bits per heavy atom. The van der Waals surface area contributed by atoms with E-state index >= 15 is 0 Å². The summed E-state index contributed by atoms with van der Waals surface area (Å²) in [5.41, 5.74) is -0.645. The van der Waals surface area contributed by atoms with Crippen LogP contribution in [0.1, 0.15) is 5.56 Å². The van der Waals surface area contributed by atoms with Crippen molar-refractivity contribution in [1.29, 1.82) is 0 Å². The molecule has 0 aliphatic heterocycles. The maximum Gasteiger partial charge on any atom is 0.416 e. The first-order chi connectivity index (χ1) is 9.00. The highest BCUT2D eigenvalue weighted by Gasteiger charge is 2.30. The number of hydrogen-bond donors (Lipinski definition) is 0. The van der Waals surface area contributed by atoms with Crippen molar-refractivity contribution in [2.45, 2.75) is 6.18 Å². The Bertz CT molecular complexity index is 564. The Morgan fingerprint density at radius 2 is 1.63 bits per heavy atom. The average molecular weight is 270 g/mol. The molecule has 0 aliphatic carbocycles. The Morgan fingerprint density at radius 1 is 0.947 bits per heavy atom. The van der Waals surface area contributed by atoms with Crippen LogP contribution >= 0.6 is 0 Å². The topological polar surface area (TPSA) is 18.5 Å².